The number of hydrogen-bond acceptors (Lipinski definition) is 2. The highest BCUT2D eigenvalue weighted by molar-refractivity contribution is 5.87. The number of benzene rings is 1. The lowest BCUT2D eigenvalue weighted by molar-refractivity contribution is -0.137. The Morgan fingerprint density at radius 1 is 1.29 bits per heavy atom. The van der Waals surface area contributed by atoms with E-state index in [0.717, 1.165) is 12.1 Å². The molecule has 0 fully saturated rings. The molecule has 0 heterocycles. The van der Waals surface area contributed by atoms with E-state index in [1.807, 2.05) is 0 Å². The molecule has 1 aromatic carbocycles. The standard InChI is InChI=1S/C12H12F3NO/c1-16-7-6-10(8-17)9-2-4-11(5-3-9)12(13,14)15/h2-5,16H,6-7H2,1H3. The van der Waals surface area contributed by atoms with Crippen molar-refractivity contribution in [1.29, 1.82) is 0 Å². The first-order valence-electron chi connectivity index (χ1n) is 5.05. The van der Waals surface area contributed by atoms with Gasteiger partial charge < -0.3 is 5.32 Å². The molecule has 17 heavy (non-hydrogen) atoms. The molecule has 0 bridgehead atoms. The van der Waals surface area contributed by atoms with E-state index in [4.69, 9.17) is 0 Å². The van der Waals surface area contributed by atoms with E-state index in [0.29, 0.717) is 24.1 Å². The lowest BCUT2D eigenvalue weighted by Gasteiger charge is -2.08. The van der Waals surface area contributed by atoms with Crippen molar-refractivity contribution in [3.63, 3.8) is 0 Å². The number of carbonyl (C=O) groups excluding carboxylic acids is 1. The number of hydrogen-bond donors (Lipinski definition) is 1. The second-order valence-corrected chi connectivity index (χ2v) is 3.51. The molecule has 92 valence electrons. The van der Waals surface area contributed by atoms with Crippen molar-refractivity contribution in [2.75, 3.05) is 13.6 Å². The maximum Gasteiger partial charge on any atom is 0.416 e. The quantitative estimate of drug-likeness (QED) is 0.823. The van der Waals surface area contributed by atoms with Gasteiger partial charge in [0.2, 0.25) is 0 Å². The van der Waals surface area contributed by atoms with Gasteiger partial charge in [0.15, 0.2) is 0 Å². The van der Waals surface area contributed by atoms with Crippen molar-refractivity contribution in [2.45, 2.75) is 12.6 Å². The zero-order valence-electron chi connectivity index (χ0n) is 9.27. The van der Waals surface area contributed by atoms with E-state index < -0.39 is 11.7 Å². The summed E-state index contributed by atoms with van der Waals surface area (Å²) in [5.41, 5.74) is 0.122. The summed E-state index contributed by atoms with van der Waals surface area (Å²) < 4.78 is 36.9. The number of alkyl halides is 3. The first-order valence-corrected chi connectivity index (χ1v) is 5.05. The molecule has 0 saturated heterocycles. The summed E-state index contributed by atoms with van der Waals surface area (Å²) in [7, 11) is 1.73. The molecule has 0 unspecified atom stereocenters. The molecule has 0 amide bonds. The van der Waals surface area contributed by atoms with Crippen LogP contribution in [0.4, 0.5) is 13.2 Å². The van der Waals surface area contributed by atoms with Gasteiger partial charge in [-0.1, -0.05) is 12.1 Å². The Labute approximate surface area is 97.1 Å². The van der Waals surface area contributed by atoms with Crippen LogP contribution < -0.4 is 5.32 Å². The van der Waals surface area contributed by atoms with E-state index in [9.17, 15) is 18.0 Å². The molecule has 0 spiro atoms. The third kappa shape index (κ3) is 3.73. The van der Waals surface area contributed by atoms with Crippen LogP contribution in [0.3, 0.4) is 0 Å². The SMILES string of the molecule is CNCCC(=C=O)c1ccc(C(F)(F)F)cc1. The van der Waals surface area contributed by atoms with E-state index >= 15 is 0 Å². The Morgan fingerprint density at radius 3 is 2.29 bits per heavy atom. The molecule has 0 aliphatic heterocycles. The lowest BCUT2D eigenvalue weighted by atomic mass is 10.0. The molecule has 1 aromatic rings. The minimum Gasteiger partial charge on any atom is -0.319 e. The van der Waals surface area contributed by atoms with Gasteiger partial charge in [0.05, 0.1) is 5.56 Å². The van der Waals surface area contributed by atoms with Gasteiger partial charge in [-0.15, -0.1) is 0 Å². The van der Waals surface area contributed by atoms with Crippen LogP contribution in [0.5, 0.6) is 0 Å². The first kappa shape index (κ1) is 13.5. The normalized spacial score (nSPS) is 11.1. The molecule has 0 aliphatic rings. The number of nitrogens with one attached hydrogen (secondary N) is 1. The predicted molar refractivity (Wildman–Crippen MR) is 59.1 cm³/mol. The Morgan fingerprint density at radius 2 is 1.88 bits per heavy atom. The predicted octanol–water partition coefficient (Wildman–Crippen LogP) is 2.53. The molecule has 1 rings (SSSR count). The van der Waals surface area contributed by atoms with E-state index in [2.05, 4.69) is 5.32 Å². The highest BCUT2D eigenvalue weighted by Crippen LogP contribution is 2.30. The summed E-state index contributed by atoms with van der Waals surface area (Å²) in [4.78, 5) is 10.7. The van der Waals surface area contributed by atoms with Crippen LogP contribution in [-0.4, -0.2) is 19.5 Å². The van der Waals surface area contributed by atoms with Gasteiger partial charge in [-0.05, 0) is 37.7 Å². The number of halogens is 3. The maximum atomic E-state index is 12.3. The molecule has 5 heteroatoms. The van der Waals surface area contributed by atoms with Gasteiger partial charge in [0.25, 0.3) is 0 Å². The number of rotatable bonds is 4. The van der Waals surface area contributed by atoms with Gasteiger partial charge >= 0.3 is 6.18 Å². The van der Waals surface area contributed by atoms with Crippen molar-refractivity contribution in [3.8, 4) is 0 Å². The molecular weight excluding hydrogens is 231 g/mol. The molecule has 0 radical (unpaired) electrons. The highest BCUT2D eigenvalue weighted by Gasteiger charge is 2.30. The molecule has 0 aromatic heterocycles. The van der Waals surface area contributed by atoms with Crippen LogP contribution in [0.1, 0.15) is 17.5 Å². The average Bonchev–Trinajstić information content (AvgIpc) is 2.29. The summed E-state index contributed by atoms with van der Waals surface area (Å²) in [6.07, 6.45) is -3.92. The Bertz CT molecular complexity index is 416. The average molecular weight is 243 g/mol. The fourth-order valence-corrected chi connectivity index (χ4v) is 1.36. The van der Waals surface area contributed by atoms with Crippen LogP contribution in [0, 0.1) is 0 Å². The summed E-state index contributed by atoms with van der Waals surface area (Å²) in [5.74, 6) is 1.76. The highest BCUT2D eigenvalue weighted by atomic mass is 19.4. The second kappa shape index (κ2) is 5.66. The monoisotopic (exact) mass is 243 g/mol. The van der Waals surface area contributed by atoms with Gasteiger partial charge in [0.1, 0.15) is 5.94 Å². The topological polar surface area (TPSA) is 29.1 Å². The van der Waals surface area contributed by atoms with Gasteiger partial charge in [-0.3, -0.25) is 0 Å². The fraction of sp³-hybridized carbons (Fsp3) is 0.333. The molecule has 0 saturated carbocycles. The van der Waals surface area contributed by atoms with Gasteiger partial charge in [-0.2, -0.15) is 13.2 Å². The van der Waals surface area contributed by atoms with Crippen LogP contribution in [0.2, 0.25) is 0 Å². The van der Waals surface area contributed by atoms with Crippen LogP contribution in [0.25, 0.3) is 5.57 Å². The van der Waals surface area contributed by atoms with E-state index in [1.165, 1.54) is 12.1 Å². The smallest absolute Gasteiger partial charge is 0.319 e. The van der Waals surface area contributed by atoms with Gasteiger partial charge in [0, 0.05) is 5.57 Å². The molecule has 2 nitrogen and oxygen atoms in total. The zero-order valence-corrected chi connectivity index (χ0v) is 9.27. The van der Waals surface area contributed by atoms with E-state index in [1.54, 1.807) is 13.0 Å². The van der Waals surface area contributed by atoms with E-state index in [-0.39, 0.29) is 0 Å². The fourth-order valence-electron chi connectivity index (χ4n) is 1.36. The van der Waals surface area contributed by atoms with Crippen molar-refractivity contribution < 1.29 is 18.0 Å². The molecule has 0 aliphatic carbocycles. The van der Waals surface area contributed by atoms with Crippen LogP contribution in [0.15, 0.2) is 24.3 Å². The largest absolute Gasteiger partial charge is 0.416 e. The third-order valence-corrected chi connectivity index (χ3v) is 2.31. The summed E-state index contributed by atoms with van der Waals surface area (Å²) in [6.45, 7) is 0.575. The summed E-state index contributed by atoms with van der Waals surface area (Å²) in [5, 5.41) is 2.86. The zero-order chi connectivity index (χ0) is 12.9. The summed E-state index contributed by atoms with van der Waals surface area (Å²) in [6, 6.07) is 4.51. The molecule has 1 N–H and O–H groups in total. The minimum atomic E-state index is -4.35. The summed E-state index contributed by atoms with van der Waals surface area (Å²) >= 11 is 0. The molecule has 0 atom stereocenters. The first-order chi connectivity index (χ1) is 7.99. The lowest BCUT2D eigenvalue weighted by Crippen LogP contribution is -2.08. The Balaban J connectivity index is 2.90. The Hall–Kier alpha value is -1.58. The van der Waals surface area contributed by atoms with Gasteiger partial charge in [-0.25, -0.2) is 4.79 Å². The van der Waals surface area contributed by atoms with Crippen molar-refractivity contribution in [2.24, 2.45) is 0 Å². The maximum absolute atomic E-state index is 12.3. The Kier molecular flexibility index (Phi) is 4.49. The van der Waals surface area contributed by atoms with Crippen LogP contribution >= 0.6 is 0 Å². The van der Waals surface area contributed by atoms with Crippen LogP contribution in [-0.2, 0) is 11.0 Å². The van der Waals surface area contributed by atoms with Crippen molar-refractivity contribution in [1.82, 2.24) is 5.32 Å². The minimum absolute atomic E-state index is 0.369. The van der Waals surface area contributed by atoms with Crippen molar-refractivity contribution in [3.05, 3.63) is 35.4 Å². The third-order valence-electron chi connectivity index (χ3n) is 2.31. The van der Waals surface area contributed by atoms with Crippen molar-refractivity contribution >= 4 is 11.5 Å². The molecular formula is C12H12F3NO. The second-order valence-electron chi connectivity index (χ2n) is 3.51.